The second kappa shape index (κ2) is 9.83. The van der Waals surface area contributed by atoms with Crippen molar-refractivity contribution in [3.63, 3.8) is 0 Å². The molecule has 0 spiro atoms. The zero-order chi connectivity index (χ0) is 19.8. The summed E-state index contributed by atoms with van der Waals surface area (Å²) in [5.74, 6) is 0.716. The van der Waals surface area contributed by atoms with E-state index in [2.05, 4.69) is 5.32 Å². The van der Waals surface area contributed by atoms with Crippen molar-refractivity contribution in [1.82, 2.24) is 10.2 Å². The quantitative estimate of drug-likeness (QED) is 0.751. The van der Waals surface area contributed by atoms with Gasteiger partial charge in [0.2, 0.25) is 5.91 Å². The number of likely N-dealkylation sites (N-methyl/N-ethyl adjacent to an activating group) is 1. The van der Waals surface area contributed by atoms with E-state index in [9.17, 15) is 9.59 Å². The van der Waals surface area contributed by atoms with Gasteiger partial charge in [-0.05, 0) is 42.8 Å². The molecular weight excluding hydrogens is 368 g/mol. The maximum Gasteiger partial charge on any atom is 0.251 e. The van der Waals surface area contributed by atoms with Crippen molar-refractivity contribution in [2.24, 2.45) is 0 Å². The number of nitrogens with zero attached hydrogens (tertiary/aromatic N) is 1. The van der Waals surface area contributed by atoms with Gasteiger partial charge in [-0.2, -0.15) is 0 Å². The molecular formula is C20H23ClN2O4. The Balaban J connectivity index is 1.98. The summed E-state index contributed by atoms with van der Waals surface area (Å²) in [5, 5.41) is 3.10. The van der Waals surface area contributed by atoms with E-state index in [1.165, 1.54) is 0 Å². The number of benzene rings is 2. The van der Waals surface area contributed by atoms with Gasteiger partial charge in [0.15, 0.2) is 11.5 Å². The van der Waals surface area contributed by atoms with Crippen LogP contribution in [0, 0.1) is 0 Å². The van der Waals surface area contributed by atoms with Crippen LogP contribution in [0.15, 0.2) is 42.5 Å². The van der Waals surface area contributed by atoms with E-state index < -0.39 is 0 Å². The summed E-state index contributed by atoms with van der Waals surface area (Å²) in [6, 6.07) is 12.1. The van der Waals surface area contributed by atoms with Crippen molar-refractivity contribution >= 4 is 23.4 Å². The van der Waals surface area contributed by atoms with Crippen LogP contribution < -0.4 is 14.8 Å². The number of hydrogen-bond acceptors (Lipinski definition) is 4. The van der Waals surface area contributed by atoms with Gasteiger partial charge in [0.25, 0.3) is 5.91 Å². The number of carbonyl (C=O) groups excluding carboxylic acids is 2. The van der Waals surface area contributed by atoms with E-state index >= 15 is 0 Å². The predicted molar refractivity (Wildman–Crippen MR) is 104 cm³/mol. The van der Waals surface area contributed by atoms with Gasteiger partial charge in [-0.15, -0.1) is 0 Å². The van der Waals surface area contributed by atoms with Crippen molar-refractivity contribution in [1.29, 1.82) is 0 Å². The van der Waals surface area contributed by atoms with Crippen molar-refractivity contribution in [3.05, 3.63) is 58.6 Å². The highest BCUT2D eigenvalue weighted by Crippen LogP contribution is 2.28. The number of hydrogen-bond donors (Lipinski definition) is 1. The fourth-order valence-electron chi connectivity index (χ4n) is 2.58. The Labute approximate surface area is 164 Å². The Morgan fingerprint density at radius 3 is 2.44 bits per heavy atom. The monoisotopic (exact) mass is 390 g/mol. The average Bonchev–Trinajstić information content (AvgIpc) is 2.69. The Kier molecular flexibility index (Phi) is 7.49. The second-order valence-electron chi connectivity index (χ2n) is 5.79. The highest BCUT2D eigenvalue weighted by atomic mass is 35.5. The molecule has 6 nitrogen and oxygen atoms in total. The first-order valence-corrected chi connectivity index (χ1v) is 8.88. The molecule has 1 N–H and O–H groups in total. The largest absolute Gasteiger partial charge is 0.493 e. The lowest BCUT2D eigenvalue weighted by Crippen LogP contribution is -2.39. The van der Waals surface area contributed by atoms with Gasteiger partial charge in [-0.25, -0.2) is 0 Å². The first-order valence-electron chi connectivity index (χ1n) is 8.51. The molecule has 0 aliphatic carbocycles. The van der Waals surface area contributed by atoms with E-state index in [1.807, 2.05) is 19.1 Å². The van der Waals surface area contributed by atoms with Gasteiger partial charge in [0.05, 0.1) is 20.8 Å². The molecule has 2 aromatic rings. The minimum atomic E-state index is -0.340. The summed E-state index contributed by atoms with van der Waals surface area (Å²) in [6.07, 6.45) is 0. The van der Waals surface area contributed by atoms with Crippen LogP contribution >= 0.6 is 11.6 Å². The van der Waals surface area contributed by atoms with Crippen LogP contribution in [0.5, 0.6) is 11.5 Å². The number of methoxy groups -OCH3 is 2. The van der Waals surface area contributed by atoms with E-state index in [0.29, 0.717) is 35.2 Å². The Morgan fingerprint density at radius 2 is 1.81 bits per heavy atom. The molecule has 0 aromatic heterocycles. The molecule has 0 heterocycles. The number of carbonyl (C=O) groups is 2. The van der Waals surface area contributed by atoms with Gasteiger partial charge < -0.3 is 19.7 Å². The average molecular weight is 391 g/mol. The fourth-order valence-corrected chi connectivity index (χ4v) is 2.77. The zero-order valence-corrected chi connectivity index (χ0v) is 16.4. The van der Waals surface area contributed by atoms with Crippen LogP contribution in [-0.4, -0.2) is 44.0 Å². The molecule has 0 saturated carbocycles. The van der Waals surface area contributed by atoms with Crippen LogP contribution in [0.1, 0.15) is 22.8 Å². The molecule has 0 aliphatic heterocycles. The highest BCUT2D eigenvalue weighted by molar-refractivity contribution is 6.30. The number of amides is 2. The van der Waals surface area contributed by atoms with Crippen molar-refractivity contribution in [2.45, 2.75) is 13.5 Å². The predicted octanol–water partition coefficient (Wildman–Crippen LogP) is 3.14. The molecule has 0 bridgehead atoms. The molecule has 7 heteroatoms. The van der Waals surface area contributed by atoms with Crippen LogP contribution in [-0.2, 0) is 11.3 Å². The molecule has 2 amide bonds. The SMILES string of the molecule is CCN(Cc1ccc(OC)c(OC)c1)C(=O)CNC(=O)c1cccc(Cl)c1. The molecule has 0 aliphatic rings. The van der Waals surface area contributed by atoms with E-state index in [0.717, 1.165) is 5.56 Å². The van der Waals surface area contributed by atoms with Crippen molar-refractivity contribution in [3.8, 4) is 11.5 Å². The third kappa shape index (κ3) is 5.62. The van der Waals surface area contributed by atoms with E-state index in [1.54, 1.807) is 49.5 Å². The number of rotatable bonds is 8. The molecule has 0 unspecified atom stereocenters. The van der Waals surface area contributed by atoms with Crippen LogP contribution in [0.25, 0.3) is 0 Å². The minimum Gasteiger partial charge on any atom is -0.493 e. The van der Waals surface area contributed by atoms with E-state index in [4.69, 9.17) is 21.1 Å². The molecule has 0 saturated heterocycles. The standard InChI is InChI=1S/C20H23ClN2O4/c1-4-23(13-14-8-9-17(26-2)18(10-14)27-3)19(24)12-22-20(25)15-6-5-7-16(21)11-15/h5-11H,4,12-13H2,1-3H3,(H,22,25). The Bertz CT molecular complexity index is 810. The van der Waals surface area contributed by atoms with Gasteiger partial charge in [0, 0.05) is 23.7 Å². The Hall–Kier alpha value is -2.73. The lowest BCUT2D eigenvalue weighted by atomic mass is 10.2. The maximum absolute atomic E-state index is 12.5. The first-order chi connectivity index (χ1) is 13.0. The molecule has 144 valence electrons. The highest BCUT2D eigenvalue weighted by Gasteiger charge is 2.15. The lowest BCUT2D eigenvalue weighted by molar-refractivity contribution is -0.130. The molecule has 0 fully saturated rings. The Morgan fingerprint density at radius 1 is 1.07 bits per heavy atom. The third-order valence-corrected chi connectivity index (χ3v) is 4.28. The van der Waals surface area contributed by atoms with Gasteiger partial charge in [-0.1, -0.05) is 23.7 Å². The third-order valence-electron chi connectivity index (χ3n) is 4.04. The molecule has 0 atom stereocenters. The lowest BCUT2D eigenvalue weighted by Gasteiger charge is -2.22. The molecule has 2 rings (SSSR count). The van der Waals surface area contributed by atoms with Crippen LogP contribution in [0.2, 0.25) is 5.02 Å². The van der Waals surface area contributed by atoms with Gasteiger partial charge in [-0.3, -0.25) is 9.59 Å². The summed E-state index contributed by atoms with van der Waals surface area (Å²) in [6.45, 7) is 2.72. The summed E-state index contributed by atoms with van der Waals surface area (Å²) < 4.78 is 10.5. The summed E-state index contributed by atoms with van der Waals surface area (Å²) in [4.78, 5) is 26.3. The normalized spacial score (nSPS) is 10.2. The number of halogens is 1. The first kappa shape index (κ1) is 20.6. The van der Waals surface area contributed by atoms with Gasteiger partial charge in [0.1, 0.15) is 0 Å². The fraction of sp³-hybridized carbons (Fsp3) is 0.300. The van der Waals surface area contributed by atoms with Crippen molar-refractivity contribution in [2.75, 3.05) is 27.3 Å². The summed E-state index contributed by atoms with van der Waals surface area (Å²) in [5.41, 5.74) is 1.32. The number of nitrogens with one attached hydrogen (secondary N) is 1. The molecule has 2 aromatic carbocycles. The molecule has 27 heavy (non-hydrogen) atoms. The molecule has 0 radical (unpaired) electrons. The second-order valence-corrected chi connectivity index (χ2v) is 6.23. The van der Waals surface area contributed by atoms with Crippen LogP contribution in [0.3, 0.4) is 0 Å². The summed E-state index contributed by atoms with van der Waals surface area (Å²) in [7, 11) is 3.14. The minimum absolute atomic E-state index is 0.0908. The van der Waals surface area contributed by atoms with E-state index in [-0.39, 0.29) is 18.4 Å². The number of ether oxygens (including phenoxy) is 2. The topological polar surface area (TPSA) is 67.9 Å². The summed E-state index contributed by atoms with van der Waals surface area (Å²) >= 11 is 5.89. The van der Waals surface area contributed by atoms with Gasteiger partial charge >= 0.3 is 0 Å². The smallest absolute Gasteiger partial charge is 0.251 e. The van der Waals surface area contributed by atoms with Crippen molar-refractivity contribution < 1.29 is 19.1 Å². The van der Waals surface area contributed by atoms with Crippen LogP contribution in [0.4, 0.5) is 0 Å². The zero-order valence-electron chi connectivity index (χ0n) is 15.6. The maximum atomic E-state index is 12.5.